The van der Waals surface area contributed by atoms with Gasteiger partial charge in [0.2, 0.25) is 0 Å². The average molecular weight is 404 g/mol. The van der Waals surface area contributed by atoms with Crippen molar-refractivity contribution in [3.63, 3.8) is 0 Å². The van der Waals surface area contributed by atoms with Crippen LogP contribution in [0.25, 0.3) is 5.00 Å². The van der Waals surface area contributed by atoms with Crippen LogP contribution in [0.3, 0.4) is 0 Å². The molecule has 2 N–H and O–H groups in total. The largest absolute Gasteiger partial charge is 0.449 e. The lowest BCUT2D eigenvalue weighted by Crippen LogP contribution is -2.46. The number of aromatic nitrogens is 1. The molecule has 8 heteroatoms. The van der Waals surface area contributed by atoms with Gasteiger partial charge in [-0.3, -0.25) is 10.1 Å². The van der Waals surface area contributed by atoms with Crippen molar-refractivity contribution in [2.75, 3.05) is 0 Å². The van der Waals surface area contributed by atoms with Crippen molar-refractivity contribution in [2.45, 2.75) is 58.6 Å². The molecular formula is C20H25N3O4S. The van der Waals surface area contributed by atoms with Gasteiger partial charge in [-0.25, -0.2) is 9.59 Å². The molecule has 0 saturated carbocycles. The van der Waals surface area contributed by atoms with Gasteiger partial charge >= 0.3 is 12.0 Å². The monoisotopic (exact) mass is 403 g/mol. The third-order valence-corrected chi connectivity index (χ3v) is 5.81. The first-order valence-corrected chi connectivity index (χ1v) is 10.3. The molecule has 0 radical (unpaired) electrons. The summed E-state index contributed by atoms with van der Waals surface area (Å²) in [7, 11) is 0. The van der Waals surface area contributed by atoms with Crippen molar-refractivity contribution in [3.05, 3.63) is 40.5 Å². The molecule has 2 heterocycles. The molecule has 1 aliphatic carbocycles. The number of nitrogens with zero attached hydrogens (tertiary/aromatic N) is 1. The fraction of sp³-hybridized carbons (Fsp3) is 0.450. The zero-order valence-corrected chi connectivity index (χ0v) is 17.1. The number of carbonyl (C=O) groups excluding carboxylic acids is 3. The first kappa shape index (κ1) is 20.1. The van der Waals surface area contributed by atoms with Crippen LogP contribution in [-0.4, -0.2) is 34.6 Å². The van der Waals surface area contributed by atoms with Crippen molar-refractivity contribution in [1.29, 1.82) is 0 Å². The van der Waals surface area contributed by atoms with E-state index in [4.69, 9.17) is 4.74 Å². The van der Waals surface area contributed by atoms with Crippen LogP contribution < -0.4 is 10.6 Å². The van der Waals surface area contributed by atoms with Gasteiger partial charge in [-0.05, 0) is 64.2 Å². The quantitative estimate of drug-likeness (QED) is 0.751. The van der Waals surface area contributed by atoms with E-state index in [2.05, 4.69) is 10.6 Å². The Morgan fingerprint density at radius 2 is 1.79 bits per heavy atom. The van der Waals surface area contributed by atoms with Gasteiger partial charge in [0.1, 0.15) is 5.00 Å². The number of aryl methyl sites for hydroxylation is 1. The molecule has 1 atom stereocenters. The van der Waals surface area contributed by atoms with Crippen molar-refractivity contribution < 1.29 is 19.1 Å². The predicted molar refractivity (Wildman–Crippen MR) is 107 cm³/mol. The Bertz CT molecular complexity index is 870. The number of hydrogen-bond acceptors (Lipinski definition) is 5. The first-order valence-electron chi connectivity index (χ1n) is 9.47. The third kappa shape index (κ3) is 4.44. The standard InChI is InChI=1S/C20H25N3O4S/c1-12(2)21-20(26)22-17(24)13(3)27-19(25)16-14-8-4-5-9-15(14)28-18(16)23-10-6-7-11-23/h6-7,10-13H,4-5,8-9H2,1-3H3,(H2,21,22,24,26)/t13-/m1/s1. The fourth-order valence-electron chi connectivity index (χ4n) is 3.20. The van der Waals surface area contributed by atoms with Crippen LogP contribution in [0.5, 0.6) is 0 Å². The lowest BCUT2D eigenvalue weighted by molar-refractivity contribution is -0.127. The second-order valence-corrected chi connectivity index (χ2v) is 8.23. The number of hydrogen-bond donors (Lipinski definition) is 2. The molecule has 1 aliphatic rings. The Hall–Kier alpha value is -2.61. The van der Waals surface area contributed by atoms with E-state index in [1.807, 2.05) is 29.1 Å². The number of esters is 1. The van der Waals surface area contributed by atoms with Gasteiger partial charge in [-0.2, -0.15) is 0 Å². The van der Waals surface area contributed by atoms with Gasteiger partial charge in [-0.15, -0.1) is 11.3 Å². The van der Waals surface area contributed by atoms with Crippen LogP contribution in [-0.2, 0) is 22.4 Å². The number of carbonyl (C=O) groups is 3. The van der Waals surface area contributed by atoms with E-state index in [0.29, 0.717) is 5.56 Å². The molecule has 150 valence electrons. The Labute approximate surface area is 168 Å². The maximum atomic E-state index is 13.0. The van der Waals surface area contributed by atoms with Gasteiger partial charge in [0, 0.05) is 23.3 Å². The normalized spacial score (nSPS) is 14.3. The van der Waals surface area contributed by atoms with Crippen LogP contribution in [0, 0.1) is 0 Å². The second kappa shape index (κ2) is 8.60. The summed E-state index contributed by atoms with van der Waals surface area (Å²) in [6.45, 7) is 5.04. The Morgan fingerprint density at radius 3 is 2.46 bits per heavy atom. The summed E-state index contributed by atoms with van der Waals surface area (Å²) < 4.78 is 7.33. The Kier molecular flexibility index (Phi) is 6.18. The lowest BCUT2D eigenvalue weighted by Gasteiger charge is -2.16. The Balaban J connectivity index is 1.78. The highest BCUT2D eigenvalue weighted by Crippen LogP contribution is 2.37. The lowest BCUT2D eigenvalue weighted by atomic mass is 9.95. The molecule has 28 heavy (non-hydrogen) atoms. The minimum absolute atomic E-state index is 0.105. The van der Waals surface area contributed by atoms with E-state index >= 15 is 0 Å². The van der Waals surface area contributed by atoms with Crippen molar-refractivity contribution >= 4 is 29.2 Å². The molecule has 0 unspecified atom stereocenters. The summed E-state index contributed by atoms with van der Waals surface area (Å²) in [6.07, 6.45) is 6.61. The van der Waals surface area contributed by atoms with Gasteiger partial charge in [0.25, 0.3) is 5.91 Å². The van der Waals surface area contributed by atoms with Crippen molar-refractivity contribution in [3.8, 4) is 5.00 Å². The van der Waals surface area contributed by atoms with Crippen LogP contribution in [0.15, 0.2) is 24.5 Å². The maximum Gasteiger partial charge on any atom is 0.342 e. The molecule has 2 aromatic rings. The number of fused-ring (bicyclic) bond motifs is 1. The molecule has 2 aromatic heterocycles. The number of amides is 3. The zero-order valence-electron chi connectivity index (χ0n) is 16.3. The number of rotatable bonds is 5. The van der Waals surface area contributed by atoms with Crippen LogP contribution in [0.2, 0.25) is 0 Å². The van der Waals surface area contributed by atoms with E-state index in [1.54, 1.807) is 25.2 Å². The number of nitrogens with one attached hydrogen (secondary N) is 2. The van der Waals surface area contributed by atoms with E-state index in [9.17, 15) is 14.4 Å². The summed E-state index contributed by atoms with van der Waals surface area (Å²) >= 11 is 1.60. The third-order valence-electron chi connectivity index (χ3n) is 4.51. The van der Waals surface area contributed by atoms with Gasteiger partial charge in [0.15, 0.2) is 6.10 Å². The summed E-state index contributed by atoms with van der Waals surface area (Å²) in [5, 5.41) is 5.57. The molecule has 0 fully saturated rings. The topological polar surface area (TPSA) is 89.4 Å². The smallest absolute Gasteiger partial charge is 0.342 e. The number of ether oxygens (including phenoxy) is 1. The number of thiophene rings is 1. The average Bonchev–Trinajstić information content (AvgIpc) is 3.28. The second-order valence-electron chi connectivity index (χ2n) is 7.15. The maximum absolute atomic E-state index is 13.0. The van der Waals surface area contributed by atoms with Crippen molar-refractivity contribution in [2.24, 2.45) is 0 Å². The molecule has 7 nitrogen and oxygen atoms in total. The molecule has 0 spiro atoms. The molecule has 3 amide bonds. The van der Waals surface area contributed by atoms with E-state index in [-0.39, 0.29) is 6.04 Å². The van der Waals surface area contributed by atoms with Crippen molar-refractivity contribution in [1.82, 2.24) is 15.2 Å². The van der Waals surface area contributed by atoms with E-state index in [0.717, 1.165) is 36.2 Å². The minimum Gasteiger partial charge on any atom is -0.449 e. The van der Waals surface area contributed by atoms with E-state index < -0.39 is 24.0 Å². The zero-order chi connectivity index (χ0) is 20.3. The van der Waals surface area contributed by atoms with Crippen LogP contribution >= 0.6 is 11.3 Å². The van der Waals surface area contributed by atoms with Crippen LogP contribution in [0.1, 0.15) is 54.4 Å². The SMILES string of the molecule is CC(C)NC(=O)NC(=O)[C@@H](C)OC(=O)c1c(-n2cccc2)sc2c1CCCC2. The molecule has 0 aromatic carbocycles. The van der Waals surface area contributed by atoms with Gasteiger partial charge in [-0.1, -0.05) is 0 Å². The number of imide groups is 1. The highest BCUT2D eigenvalue weighted by Gasteiger charge is 2.29. The summed E-state index contributed by atoms with van der Waals surface area (Å²) in [4.78, 5) is 38.1. The molecule has 3 rings (SSSR count). The summed E-state index contributed by atoms with van der Waals surface area (Å²) in [5.41, 5.74) is 1.55. The molecular weight excluding hydrogens is 378 g/mol. The molecule has 0 saturated heterocycles. The van der Waals surface area contributed by atoms with Crippen LogP contribution in [0.4, 0.5) is 4.79 Å². The Morgan fingerprint density at radius 1 is 1.11 bits per heavy atom. The number of urea groups is 1. The van der Waals surface area contributed by atoms with Gasteiger partial charge < -0.3 is 14.6 Å². The highest BCUT2D eigenvalue weighted by molar-refractivity contribution is 7.15. The van der Waals surface area contributed by atoms with E-state index in [1.165, 1.54) is 11.8 Å². The minimum atomic E-state index is -1.08. The van der Waals surface area contributed by atoms with Gasteiger partial charge in [0.05, 0.1) is 5.56 Å². The predicted octanol–water partition coefficient (Wildman–Crippen LogP) is 3.20. The molecule has 0 bridgehead atoms. The summed E-state index contributed by atoms with van der Waals surface area (Å²) in [6, 6.07) is 3.09. The molecule has 0 aliphatic heterocycles. The fourth-order valence-corrected chi connectivity index (χ4v) is 4.54. The highest BCUT2D eigenvalue weighted by atomic mass is 32.1. The summed E-state index contributed by atoms with van der Waals surface area (Å²) in [5.74, 6) is -1.19. The first-order chi connectivity index (χ1) is 13.4.